The smallest absolute Gasteiger partial charge is 0.134 e. The summed E-state index contributed by atoms with van der Waals surface area (Å²) in [4.78, 5) is 2.47. The standard InChI is InChI=1S/C56H35NS2Si/c1-2-13-40(14-3-1)60-51-23-9-7-17-46(51)54-52(60)33-32-50-55(54)53-43(18-11-22-49(53)58-50)36-26-28-38(29-27-36)57(47-20-10-19-45-44-16-6-8-21-48(44)59-56(45)47)39-30-31-42-37(34-39)25-24-35-12-4-5-15-41(35)42/h1-34,60H. The van der Waals surface area contributed by atoms with Crippen LogP contribution >= 0.6 is 22.7 Å². The number of hydrogen-bond donors (Lipinski definition) is 0. The van der Waals surface area contributed by atoms with Crippen LogP contribution in [0.5, 0.6) is 0 Å². The molecule has 1 atom stereocenters. The van der Waals surface area contributed by atoms with Gasteiger partial charge in [0, 0.05) is 47.0 Å². The van der Waals surface area contributed by atoms with Crippen molar-refractivity contribution in [3.63, 3.8) is 0 Å². The highest BCUT2D eigenvalue weighted by atomic mass is 32.1. The van der Waals surface area contributed by atoms with E-state index in [-0.39, 0.29) is 0 Å². The first-order valence-corrected chi connectivity index (χ1v) is 24.0. The molecule has 0 radical (unpaired) electrons. The molecular formula is C56H35NS2Si. The third-order valence-electron chi connectivity index (χ3n) is 12.7. The molecular weight excluding hydrogens is 779 g/mol. The molecule has 0 N–H and O–H groups in total. The Hall–Kier alpha value is -6.82. The Morgan fingerprint density at radius 2 is 1.07 bits per heavy atom. The summed E-state index contributed by atoms with van der Waals surface area (Å²) in [5.74, 6) is 0. The number of benzene rings is 10. The minimum absolute atomic E-state index is 1.14. The van der Waals surface area contributed by atoms with Gasteiger partial charge in [-0.2, -0.15) is 0 Å². The van der Waals surface area contributed by atoms with E-state index < -0.39 is 8.80 Å². The van der Waals surface area contributed by atoms with Gasteiger partial charge < -0.3 is 4.90 Å². The lowest BCUT2D eigenvalue weighted by Crippen LogP contribution is -2.48. The van der Waals surface area contributed by atoms with E-state index in [2.05, 4.69) is 211 Å². The lowest BCUT2D eigenvalue weighted by molar-refractivity contribution is 1.31. The van der Waals surface area contributed by atoms with E-state index in [1.54, 1.807) is 0 Å². The molecule has 3 heterocycles. The van der Waals surface area contributed by atoms with Crippen LogP contribution in [-0.2, 0) is 0 Å². The number of hydrogen-bond acceptors (Lipinski definition) is 3. The summed E-state index contributed by atoms with van der Waals surface area (Å²) in [7, 11) is -1.62. The van der Waals surface area contributed by atoms with Gasteiger partial charge in [0.05, 0.1) is 10.4 Å². The first-order chi connectivity index (χ1) is 29.8. The lowest BCUT2D eigenvalue weighted by atomic mass is 9.94. The van der Waals surface area contributed by atoms with Gasteiger partial charge in [0.25, 0.3) is 0 Å². The molecule has 0 spiro atoms. The number of anilines is 3. The van der Waals surface area contributed by atoms with Crippen LogP contribution in [0, 0.1) is 0 Å². The minimum atomic E-state index is -1.62. The van der Waals surface area contributed by atoms with Crippen molar-refractivity contribution in [2.24, 2.45) is 0 Å². The summed E-state index contributed by atoms with van der Waals surface area (Å²) >= 11 is 3.80. The summed E-state index contributed by atoms with van der Waals surface area (Å²) in [6.45, 7) is 0. The highest BCUT2D eigenvalue weighted by molar-refractivity contribution is 7.26. The summed E-state index contributed by atoms with van der Waals surface area (Å²) in [5, 5.41) is 15.0. The van der Waals surface area contributed by atoms with E-state index in [0.717, 1.165) is 11.4 Å². The van der Waals surface area contributed by atoms with E-state index in [0.29, 0.717) is 0 Å². The Bertz CT molecular complexity index is 3680. The number of fused-ring (bicyclic) bond motifs is 13. The molecule has 280 valence electrons. The molecule has 4 heteroatoms. The topological polar surface area (TPSA) is 3.24 Å². The molecule has 1 unspecified atom stereocenters. The molecule has 13 rings (SSSR count). The van der Waals surface area contributed by atoms with E-state index in [4.69, 9.17) is 0 Å². The maximum atomic E-state index is 2.47. The van der Waals surface area contributed by atoms with Crippen molar-refractivity contribution in [3.8, 4) is 22.3 Å². The van der Waals surface area contributed by atoms with Crippen LogP contribution in [0.4, 0.5) is 17.1 Å². The average molecular weight is 814 g/mol. The van der Waals surface area contributed by atoms with Crippen molar-refractivity contribution in [1.29, 1.82) is 0 Å². The zero-order chi connectivity index (χ0) is 39.3. The Kier molecular flexibility index (Phi) is 7.58. The number of thiophene rings is 2. The molecule has 12 aromatic rings. The highest BCUT2D eigenvalue weighted by Crippen LogP contribution is 2.48. The molecule has 1 aliphatic rings. The van der Waals surface area contributed by atoms with Crippen molar-refractivity contribution >= 4 is 126 Å². The second-order valence-corrected chi connectivity index (χ2v) is 20.9. The lowest BCUT2D eigenvalue weighted by Gasteiger charge is -2.27. The van der Waals surface area contributed by atoms with Crippen LogP contribution in [0.15, 0.2) is 206 Å². The van der Waals surface area contributed by atoms with Gasteiger partial charge in [0.2, 0.25) is 0 Å². The molecule has 0 saturated heterocycles. The van der Waals surface area contributed by atoms with Crippen LogP contribution in [0.25, 0.3) is 84.1 Å². The second-order valence-electron chi connectivity index (χ2n) is 15.9. The third-order valence-corrected chi connectivity index (χ3v) is 18.3. The molecule has 2 aromatic heterocycles. The molecule has 0 bridgehead atoms. The Labute approximate surface area is 357 Å². The maximum Gasteiger partial charge on any atom is 0.134 e. The van der Waals surface area contributed by atoms with Gasteiger partial charge >= 0.3 is 0 Å². The summed E-state index contributed by atoms with van der Waals surface area (Å²) in [6, 6.07) is 77.3. The first-order valence-electron chi connectivity index (χ1n) is 20.6. The number of nitrogens with zero attached hydrogens (tertiary/aromatic N) is 1. The largest absolute Gasteiger partial charge is 0.309 e. The highest BCUT2D eigenvalue weighted by Gasteiger charge is 2.33. The molecule has 0 fully saturated rings. The van der Waals surface area contributed by atoms with Gasteiger partial charge in [-0.05, 0) is 103 Å². The molecule has 60 heavy (non-hydrogen) atoms. The van der Waals surface area contributed by atoms with E-state index in [1.165, 1.54) is 105 Å². The van der Waals surface area contributed by atoms with Crippen molar-refractivity contribution in [2.45, 2.75) is 0 Å². The quantitative estimate of drug-likeness (QED) is 0.124. The average Bonchev–Trinajstić information content (AvgIpc) is 3.99. The molecule has 1 aliphatic heterocycles. The van der Waals surface area contributed by atoms with Gasteiger partial charge in [-0.25, -0.2) is 0 Å². The SMILES string of the molecule is c1ccc([SiH]2c3ccccc3-c3c2ccc2sc4cccc(-c5ccc(N(c6ccc7c(ccc8ccccc87)c6)c6cccc7c6sc6ccccc67)cc5)c4c32)cc1. The molecule has 1 nitrogen and oxygen atoms in total. The summed E-state index contributed by atoms with van der Waals surface area (Å²) < 4.78 is 5.30. The fraction of sp³-hybridized carbons (Fsp3) is 0. The summed E-state index contributed by atoms with van der Waals surface area (Å²) in [5.41, 5.74) is 8.86. The Balaban J connectivity index is 0.997. The maximum absolute atomic E-state index is 2.47. The Morgan fingerprint density at radius 3 is 1.98 bits per heavy atom. The van der Waals surface area contributed by atoms with Gasteiger partial charge in [0.1, 0.15) is 8.80 Å². The van der Waals surface area contributed by atoms with Crippen LogP contribution in [-0.4, -0.2) is 8.80 Å². The Morgan fingerprint density at radius 1 is 0.383 bits per heavy atom. The van der Waals surface area contributed by atoms with E-state index >= 15 is 0 Å². The van der Waals surface area contributed by atoms with E-state index in [1.807, 2.05) is 22.7 Å². The van der Waals surface area contributed by atoms with Crippen LogP contribution in [0.2, 0.25) is 0 Å². The zero-order valence-electron chi connectivity index (χ0n) is 32.5. The fourth-order valence-corrected chi connectivity index (χ4v) is 15.8. The van der Waals surface area contributed by atoms with Crippen LogP contribution in [0.3, 0.4) is 0 Å². The predicted molar refractivity (Wildman–Crippen MR) is 265 cm³/mol. The zero-order valence-corrected chi connectivity index (χ0v) is 35.3. The summed E-state index contributed by atoms with van der Waals surface area (Å²) in [6.07, 6.45) is 0. The third kappa shape index (κ3) is 5.09. The molecule has 0 aliphatic carbocycles. The first kappa shape index (κ1) is 34.1. The van der Waals surface area contributed by atoms with Gasteiger partial charge in [-0.1, -0.05) is 163 Å². The van der Waals surface area contributed by atoms with Gasteiger partial charge in [0.15, 0.2) is 0 Å². The van der Waals surface area contributed by atoms with Crippen molar-refractivity contribution in [2.75, 3.05) is 4.90 Å². The molecule has 0 amide bonds. The van der Waals surface area contributed by atoms with Gasteiger partial charge in [-0.3, -0.25) is 0 Å². The number of rotatable bonds is 5. The van der Waals surface area contributed by atoms with Crippen LogP contribution < -0.4 is 20.5 Å². The normalized spacial score (nSPS) is 13.5. The van der Waals surface area contributed by atoms with Crippen molar-refractivity contribution in [1.82, 2.24) is 0 Å². The second kappa shape index (κ2) is 13.3. The molecule has 10 aromatic carbocycles. The van der Waals surface area contributed by atoms with Crippen molar-refractivity contribution in [3.05, 3.63) is 206 Å². The van der Waals surface area contributed by atoms with Crippen molar-refractivity contribution < 1.29 is 0 Å². The fourth-order valence-electron chi connectivity index (χ4n) is 10.1. The molecule has 0 saturated carbocycles. The van der Waals surface area contributed by atoms with Gasteiger partial charge in [-0.15, -0.1) is 22.7 Å². The monoisotopic (exact) mass is 813 g/mol. The van der Waals surface area contributed by atoms with E-state index in [9.17, 15) is 0 Å². The minimum Gasteiger partial charge on any atom is -0.309 e. The van der Waals surface area contributed by atoms with Crippen LogP contribution in [0.1, 0.15) is 0 Å². The predicted octanol–water partition coefficient (Wildman–Crippen LogP) is 14.1.